The van der Waals surface area contributed by atoms with Crippen LogP contribution >= 0.6 is 39.1 Å². The zero-order valence-corrected chi connectivity index (χ0v) is 12.5. The lowest BCUT2D eigenvalue weighted by Gasteiger charge is -2.16. The van der Waals surface area contributed by atoms with E-state index in [4.69, 9.17) is 28.5 Å². The molecule has 0 heterocycles. The van der Waals surface area contributed by atoms with Gasteiger partial charge < -0.3 is 0 Å². The highest BCUT2D eigenvalue weighted by atomic mass is 79.9. The van der Waals surface area contributed by atoms with Crippen molar-refractivity contribution >= 4 is 49.2 Å². The summed E-state index contributed by atoms with van der Waals surface area (Å²) in [6, 6.07) is 4.61. The van der Waals surface area contributed by atoms with E-state index in [-0.39, 0.29) is 21.5 Å². The molecule has 4 nitrogen and oxygen atoms in total. The first-order valence-electron chi connectivity index (χ1n) is 4.28. The first-order valence-corrected chi connectivity index (χ1v) is 7.27. The smallest absolute Gasteiger partial charge is 0.207 e. The Kier molecular flexibility index (Phi) is 4.81. The first-order chi connectivity index (χ1) is 7.80. The van der Waals surface area contributed by atoms with Crippen LogP contribution in [0.15, 0.2) is 21.5 Å². The van der Waals surface area contributed by atoms with E-state index in [9.17, 15) is 8.42 Å². The molecule has 0 aliphatic rings. The van der Waals surface area contributed by atoms with E-state index in [0.717, 1.165) is 4.31 Å². The van der Waals surface area contributed by atoms with Gasteiger partial charge in [0.2, 0.25) is 10.0 Å². The van der Waals surface area contributed by atoms with E-state index < -0.39 is 10.0 Å². The minimum Gasteiger partial charge on any atom is -0.207 e. The lowest BCUT2D eigenvalue weighted by Crippen LogP contribution is -2.27. The molecule has 0 radical (unpaired) electrons. The molecule has 17 heavy (non-hydrogen) atoms. The summed E-state index contributed by atoms with van der Waals surface area (Å²) in [4.78, 5) is -0.193. The molecule has 0 saturated heterocycles. The third kappa shape index (κ3) is 3.12. The highest BCUT2D eigenvalue weighted by Gasteiger charge is 2.26. The molecule has 0 unspecified atom stereocenters. The molecule has 0 aliphatic carbocycles. The molecule has 1 aromatic rings. The van der Waals surface area contributed by atoms with Crippen molar-refractivity contribution in [2.24, 2.45) is 0 Å². The fraction of sp³-hybridized carbons (Fsp3) is 0.222. The van der Waals surface area contributed by atoms with Crippen molar-refractivity contribution in [3.05, 3.63) is 26.7 Å². The monoisotopic (exact) mass is 356 g/mol. The Bertz CT molecular complexity index is 560. The molecule has 0 aromatic heterocycles. The van der Waals surface area contributed by atoms with Crippen LogP contribution in [-0.2, 0) is 10.0 Å². The number of sulfonamides is 1. The maximum atomic E-state index is 12.1. The summed E-state index contributed by atoms with van der Waals surface area (Å²) in [6.07, 6.45) is 0. The molecule has 0 N–H and O–H groups in total. The Balaban J connectivity index is 3.40. The van der Waals surface area contributed by atoms with Gasteiger partial charge in [0.15, 0.2) is 0 Å². The molecule has 0 fully saturated rings. The second-order valence-corrected chi connectivity index (χ2v) is 6.83. The Morgan fingerprint density at radius 2 is 1.88 bits per heavy atom. The second kappa shape index (κ2) is 5.55. The van der Waals surface area contributed by atoms with E-state index in [1.54, 1.807) is 6.07 Å². The minimum atomic E-state index is -3.85. The zero-order valence-electron chi connectivity index (χ0n) is 8.61. The normalized spacial score (nSPS) is 11.5. The Morgan fingerprint density at radius 1 is 1.41 bits per heavy atom. The number of nitriles is 1. The molecular formula is C9H7BrCl2N2O2S. The fourth-order valence-corrected chi connectivity index (χ4v) is 4.06. The number of rotatable bonds is 3. The number of hydrogen-bond acceptors (Lipinski definition) is 3. The SMILES string of the molecule is CN(CC#N)S(=O)(=O)c1c(Cl)cc(Br)cc1Cl. The molecule has 8 heteroatoms. The predicted molar refractivity (Wildman–Crippen MR) is 69.6 cm³/mol. The number of benzene rings is 1. The third-order valence-electron chi connectivity index (χ3n) is 1.92. The van der Waals surface area contributed by atoms with Crippen LogP contribution in [0.25, 0.3) is 0 Å². The summed E-state index contributed by atoms with van der Waals surface area (Å²) in [5.41, 5.74) is 0. The van der Waals surface area contributed by atoms with Crippen LogP contribution in [0.5, 0.6) is 0 Å². The summed E-state index contributed by atoms with van der Waals surface area (Å²) in [7, 11) is -2.57. The van der Waals surface area contributed by atoms with Gasteiger partial charge in [0.25, 0.3) is 0 Å². The third-order valence-corrected chi connectivity index (χ3v) is 5.11. The molecule has 0 amide bonds. The van der Waals surface area contributed by atoms with E-state index in [1.807, 2.05) is 0 Å². The van der Waals surface area contributed by atoms with Crippen molar-refractivity contribution in [3.8, 4) is 6.07 Å². The lowest BCUT2D eigenvalue weighted by atomic mass is 10.4. The number of hydrogen-bond donors (Lipinski definition) is 0. The highest BCUT2D eigenvalue weighted by Crippen LogP contribution is 2.34. The maximum absolute atomic E-state index is 12.1. The largest absolute Gasteiger partial charge is 0.246 e. The first kappa shape index (κ1) is 14.7. The summed E-state index contributed by atoms with van der Waals surface area (Å²) < 4.78 is 25.6. The predicted octanol–water partition coefficient (Wildman–Crippen LogP) is 2.90. The standard InChI is InChI=1S/C9H7BrCl2N2O2S/c1-14(3-2-13)17(15,16)9-7(11)4-6(10)5-8(9)12/h4-5H,3H2,1H3. The van der Waals surface area contributed by atoms with Gasteiger partial charge in [-0.1, -0.05) is 39.1 Å². The van der Waals surface area contributed by atoms with E-state index in [0.29, 0.717) is 4.47 Å². The van der Waals surface area contributed by atoms with E-state index in [1.165, 1.54) is 19.2 Å². The van der Waals surface area contributed by atoms with Crippen LogP contribution in [0.4, 0.5) is 0 Å². The molecular weight excluding hydrogens is 351 g/mol. The van der Waals surface area contributed by atoms with Crippen LogP contribution in [0.2, 0.25) is 10.0 Å². The molecule has 0 atom stereocenters. The Hall–Kier alpha value is -0.320. The van der Waals surface area contributed by atoms with Gasteiger partial charge in [0, 0.05) is 11.5 Å². The number of nitrogens with zero attached hydrogens (tertiary/aromatic N) is 2. The quantitative estimate of drug-likeness (QED) is 0.781. The van der Waals surface area contributed by atoms with Gasteiger partial charge in [-0.05, 0) is 12.1 Å². The van der Waals surface area contributed by atoms with E-state index in [2.05, 4.69) is 15.9 Å². The van der Waals surface area contributed by atoms with Crippen molar-refractivity contribution in [1.82, 2.24) is 4.31 Å². The molecule has 1 aromatic carbocycles. The van der Waals surface area contributed by atoms with Gasteiger partial charge in [-0.3, -0.25) is 0 Å². The molecule has 92 valence electrons. The van der Waals surface area contributed by atoms with Crippen molar-refractivity contribution < 1.29 is 8.42 Å². The summed E-state index contributed by atoms with van der Waals surface area (Å²) in [5, 5.41) is 8.52. The van der Waals surface area contributed by atoms with Gasteiger partial charge in [0.1, 0.15) is 11.4 Å². The molecule has 0 bridgehead atoms. The molecule has 0 spiro atoms. The maximum Gasteiger partial charge on any atom is 0.246 e. The van der Waals surface area contributed by atoms with Gasteiger partial charge in [0.05, 0.1) is 16.1 Å². The Labute approximate surface area is 118 Å². The number of halogens is 3. The van der Waals surface area contributed by atoms with Gasteiger partial charge in [-0.2, -0.15) is 9.57 Å². The Morgan fingerprint density at radius 3 is 2.29 bits per heavy atom. The topological polar surface area (TPSA) is 61.2 Å². The van der Waals surface area contributed by atoms with Crippen molar-refractivity contribution in [1.29, 1.82) is 5.26 Å². The van der Waals surface area contributed by atoms with Crippen LogP contribution in [0.1, 0.15) is 0 Å². The molecule has 0 aliphatic heterocycles. The van der Waals surface area contributed by atoms with Gasteiger partial charge in [-0.15, -0.1) is 0 Å². The summed E-state index contributed by atoms with van der Waals surface area (Å²) >= 11 is 14.9. The summed E-state index contributed by atoms with van der Waals surface area (Å²) in [5.74, 6) is 0. The van der Waals surface area contributed by atoms with Crippen LogP contribution < -0.4 is 0 Å². The van der Waals surface area contributed by atoms with Crippen LogP contribution in [0.3, 0.4) is 0 Å². The minimum absolute atomic E-state index is 0.00849. The molecule has 0 saturated carbocycles. The second-order valence-electron chi connectivity index (χ2n) is 3.12. The van der Waals surface area contributed by atoms with Crippen LogP contribution in [0, 0.1) is 11.3 Å². The fourth-order valence-electron chi connectivity index (χ4n) is 1.12. The average Bonchev–Trinajstić information content (AvgIpc) is 2.15. The average molecular weight is 358 g/mol. The van der Waals surface area contributed by atoms with Crippen LogP contribution in [-0.4, -0.2) is 26.3 Å². The zero-order chi connectivity index (χ0) is 13.2. The van der Waals surface area contributed by atoms with Gasteiger partial charge >= 0.3 is 0 Å². The van der Waals surface area contributed by atoms with Crippen molar-refractivity contribution in [2.45, 2.75) is 4.90 Å². The van der Waals surface area contributed by atoms with Gasteiger partial charge in [-0.25, -0.2) is 8.42 Å². The lowest BCUT2D eigenvalue weighted by molar-refractivity contribution is 0.502. The van der Waals surface area contributed by atoms with E-state index >= 15 is 0 Å². The van der Waals surface area contributed by atoms with Crippen molar-refractivity contribution in [2.75, 3.05) is 13.6 Å². The highest BCUT2D eigenvalue weighted by molar-refractivity contribution is 9.10. The van der Waals surface area contributed by atoms with Crippen molar-refractivity contribution in [3.63, 3.8) is 0 Å². The molecule has 1 rings (SSSR count). The summed E-state index contributed by atoms with van der Waals surface area (Å²) in [6.45, 7) is -0.273.